The molecular formula is C21H24ClFN4O2. The highest BCUT2D eigenvalue weighted by atomic mass is 35.5. The van der Waals surface area contributed by atoms with Crippen molar-refractivity contribution in [1.29, 1.82) is 0 Å². The number of hydrogen-bond acceptors (Lipinski definition) is 4. The molecule has 8 heteroatoms. The highest BCUT2D eigenvalue weighted by Crippen LogP contribution is 2.29. The number of nitrogens with zero attached hydrogens (tertiary/aromatic N) is 2. The summed E-state index contributed by atoms with van der Waals surface area (Å²) < 4.78 is 12.9. The molecule has 1 aromatic heterocycles. The number of aryl methyl sites for hydroxylation is 1. The molecule has 29 heavy (non-hydrogen) atoms. The van der Waals surface area contributed by atoms with Gasteiger partial charge >= 0.3 is 0 Å². The third-order valence-corrected chi connectivity index (χ3v) is 5.05. The Bertz CT molecular complexity index is 887. The van der Waals surface area contributed by atoms with E-state index in [1.54, 1.807) is 6.92 Å². The molecule has 1 saturated carbocycles. The summed E-state index contributed by atoms with van der Waals surface area (Å²) in [6.07, 6.45) is 4.43. The fraction of sp³-hybridized carbons (Fsp3) is 0.429. The number of carbonyl (C=O) groups excluding carboxylic acids is 2. The average Bonchev–Trinajstić information content (AvgIpc) is 3.52. The van der Waals surface area contributed by atoms with Gasteiger partial charge in [-0.15, -0.1) is 0 Å². The van der Waals surface area contributed by atoms with Crippen LogP contribution in [0, 0.1) is 5.92 Å². The number of carbonyl (C=O) groups is 2. The largest absolute Gasteiger partial charge is 0.347 e. The van der Waals surface area contributed by atoms with Crippen molar-refractivity contribution in [3.05, 3.63) is 52.3 Å². The summed E-state index contributed by atoms with van der Waals surface area (Å²) >= 11 is 6.32. The van der Waals surface area contributed by atoms with Crippen molar-refractivity contribution in [3.63, 3.8) is 0 Å². The molecule has 0 spiro atoms. The molecule has 1 atom stereocenters. The van der Waals surface area contributed by atoms with Crippen LogP contribution in [0.25, 0.3) is 0 Å². The topological polar surface area (TPSA) is 84.0 Å². The molecule has 2 N–H and O–H groups in total. The zero-order valence-electron chi connectivity index (χ0n) is 16.3. The second-order valence-electron chi connectivity index (χ2n) is 7.31. The summed E-state index contributed by atoms with van der Waals surface area (Å²) in [5.74, 6) is -0.345. The van der Waals surface area contributed by atoms with Crippen molar-refractivity contribution >= 4 is 29.4 Å². The Morgan fingerprint density at radius 3 is 2.79 bits per heavy atom. The Kier molecular flexibility index (Phi) is 7.14. The molecule has 1 aromatic carbocycles. The van der Waals surface area contributed by atoms with Crippen LogP contribution in [0.1, 0.15) is 54.2 Å². The highest BCUT2D eigenvalue weighted by Gasteiger charge is 2.30. The SMILES string of the molecule is C[C@@H](F)CCCc1ccc(CNC(=O)c2ccnc(NC(=O)C3CC3)n2)c(Cl)c1. The van der Waals surface area contributed by atoms with Crippen molar-refractivity contribution in [1.82, 2.24) is 15.3 Å². The number of amides is 2. The molecule has 0 bridgehead atoms. The van der Waals surface area contributed by atoms with Crippen molar-refractivity contribution < 1.29 is 14.0 Å². The number of nitrogens with one attached hydrogen (secondary N) is 2. The van der Waals surface area contributed by atoms with Gasteiger partial charge in [0.1, 0.15) is 5.69 Å². The summed E-state index contributed by atoms with van der Waals surface area (Å²) in [5.41, 5.74) is 1.98. The molecule has 154 valence electrons. The predicted molar refractivity (Wildman–Crippen MR) is 110 cm³/mol. The van der Waals surface area contributed by atoms with Crippen molar-refractivity contribution in [3.8, 4) is 0 Å². The van der Waals surface area contributed by atoms with E-state index >= 15 is 0 Å². The maximum absolute atomic E-state index is 12.9. The van der Waals surface area contributed by atoms with E-state index in [0.717, 1.165) is 36.8 Å². The minimum atomic E-state index is -0.802. The first-order valence-electron chi connectivity index (χ1n) is 9.76. The Morgan fingerprint density at radius 1 is 1.31 bits per heavy atom. The number of hydrogen-bond donors (Lipinski definition) is 2. The van der Waals surface area contributed by atoms with E-state index in [1.807, 2.05) is 18.2 Å². The quantitative estimate of drug-likeness (QED) is 0.642. The van der Waals surface area contributed by atoms with Gasteiger partial charge in [-0.05, 0) is 62.3 Å². The lowest BCUT2D eigenvalue weighted by Crippen LogP contribution is -2.25. The first kappa shape index (κ1) is 21.2. The first-order valence-corrected chi connectivity index (χ1v) is 10.1. The minimum Gasteiger partial charge on any atom is -0.347 e. The number of halogens is 2. The minimum absolute atomic E-state index is 0.0292. The predicted octanol–water partition coefficient (Wildman–Crippen LogP) is 4.09. The molecular weight excluding hydrogens is 395 g/mol. The molecule has 1 fully saturated rings. The van der Waals surface area contributed by atoms with Gasteiger partial charge in [0.05, 0.1) is 6.17 Å². The molecule has 2 aromatic rings. The summed E-state index contributed by atoms with van der Waals surface area (Å²) in [5, 5.41) is 5.95. The van der Waals surface area contributed by atoms with E-state index in [2.05, 4.69) is 20.6 Å². The van der Waals surface area contributed by atoms with Crippen LogP contribution in [0.2, 0.25) is 5.02 Å². The fourth-order valence-electron chi connectivity index (χ4n) is 2.85. The Labute approximate surface area is 174 Å². The second-order valence-corrected chi connectivity index (χ2v) is 7.72. The lowest BCUT2D eigenvalue weighted by molar-refractivity contribution is -0.117. The van der Waals surface area contributed by atoms with Crippen LogP contribution in [-0.2, 0) is 17.8 Å². The zero-order valence-corrected chi connectivity index (χ0v) is 17.0. The third-order valence-electron chi connectivity index (χ3n) is 4.70. The maximum atomic E-state index is 12.9. The summed E-state index contributed by atoms with van der Waals surface area (Å²) in [6.45, 7) is 1.80. The van der Waals surface area contributed by atoms with Gasteiger partial charge in [-0.2, -0.15) is 0 Å². The number of alkyl halides is 1. The molecule has 0 unspecified atom stereocenters. The molecule has 3 rings (SSSR count). The van der Waals surface area contributed by atoms with Gasteiger partial charge in [0.15, 0.2) is 0 Å². The maximum Gasteiger partial charge on any atom is 0.270 e. The Morgan fingerprint density at radius 2 is 2.10 bits per heavy atom. The first-order chi connectivity index (χ1) is 13.9. The zero-order chi connectivity index (χ0) is 20.8. The number of benzene rings is 1. The molecule has 1 heterocycles. The van der Waals surface area contributed by atoms with Crippen LogP contribution >= 0.6 is 11.6 Å². The normalized spacial score (nSPS) is 14.3. The van der Waals surface area contributed by atoms with Gasteiger partial charge in [-0.25, -0.2) is 14.4 Å². The summed E-state index contributed by atoms with van der Waals surface area (Å²) in [4.78, 5) is 32.3. The van der Waals surface area contributed by atoms with Gasteiger partial charge in [0.2, 0.25) is 11.9 Å². The molecule has 1 aliphatic carbocycles. The Balaban J connectivity index is 1.54. The molecule has 0 radical (unpaired) electrons. The van der Waals surface area contributed by atoms with E-state index < -0.39 is 6.17 Å². The number of rotatable bonds is 9. The van der Waals surface area contributed by atoms with E-state index in [-0.39, 0.29) is 35.9 Å². The number of aromatic nitrogens is 2. The molecule has 0 aliphatic heterocycles. The lowest BCUT2D eigenvalue weighted by Gasteiger charge is -2.10. The van der Waals surface area contributed by atoms with Crippen LogP contribution in [-0.4, -0.2) is 28.0 Å². The van der Waals surface area contributed by atoms with E-state index in [0.29, 0.717) is 11.4 Å². The molecule has 0 saturated heterocycles. The van der Waals surface area contributed by atoms with E-state index in [9.17, 15) is 14.0 Å². The van der Waals surface area contributed by atoms with Crippen LogP contribution in [0.15, 0.2) is 30.5 Å². The van der Waals surface area contributed by atoms with Crippen LogP contribution in [0.3, 0.4) is 0 Å². The smallest absolute Gasteiger partial charge is 0.270 e. The van der Waals surface area contributed by atoms with Crippen LogP contribution in [0.5, 0.6) is 0 Å². The number of anilines is 1. The van der Waals surface area contributed by atoms with Gasteiger partial charge in [-0.3, -0.25) is 14.9 Å². The summed E-state index contributed by atoms with van der Waals surface area (Å²) in [7, 11) is 0. The monoisotopic (exact) mass is 418 g/mol. The molecule has 1 aliphatic rings. The second kappa shape index (κ2) is 9.78. The van der Waals surface area contributed by atoms with Crippen LogP contribution in [0.4, 0.5) is 10.3 Å². The summed E-state index contributed by atoms with van der Waals surface area (Å²) in [6, 6.07) is 7.13. The standard InChI is InChI=1S/C21H24ClFN4O2/c1-13(23)3-2-4-14-5-6-16(17(22)11-14)12-25-20(29)18-9-10-24-21(26-18)27-19(28)15-7-8-15/h5-6,9-11,13,15H,2-4,7-8,12H2,1H3,(H,25,29)(H,24,26,27,28)/t13-/m1/s1. The fourth-order valence-corrected chi connectivity index (χ4v) is 3.12. The van der Waals surface area contributed by atoms with Gasteiger partial charge < -0.3 is 5.32 Å². The van der Waals surface area contributed by atoms with Crippen molar-refractivity contribution in [2.24, 2.45) is 5.92 Å². The molecule has 6 nitrogen and oxygen atoms in total. The third kappa shape index (κ3) is 6.49. The Hall–Kier alpha value is -2.54. The van der Waals surface area contributed by atoms with Gasteiger partial charge in [0, 0.05) is 23.7 Å². The van der Waals surface area contributed by atoms with Crippen LogP contribution < -0.4 is 10.6 Å². The lowest BCUT2D eigenvalue weighted by atomic mass is 10.0. The van der Waals surface area contributed by atoms with Crippen molar-refractivity contribution in [2.75, 3.05) is 5.32 Å². The van der Waals surface area contributed by atoms with E-state index in [4.69, 9.17) is 11.6 Å². The van der Waals surface area contributed by atoms with Crippen molar-refractivity contribution in [2.45, 2.75) is 51.7 Å². The highest BCUT2D eigenvalue weighted by molar-refractivity contribution is 6.31. The average molecular weight is 419 g/mol. The molecule has 2 amide bonds. The van der Waals surface area contributed by atoms with E-state index in [1.165, 1.54) is 12.3 Å². The van der Waals surface area contributed by atoms with Gasteiger partial charge in [-0.1, -0.05) is 23.7 Å². The van der Waals surface area contributed by atoms with Gasteiger partial charge in [0.25, 0.3) is 5.91 Å².